The molecule has 1 N–H and O–H groups in total. The average molecular weight is 325 g/mol. The van der Waals surface area contributed by atoms with Crippen molar-refractivity contribution in [2.24, 2.45) is 5.92 Å². The van der Waals surface area contributed by atoms with Gasteiger partial charge < -0.3 is 5.11 Å². The summed E-state index contributed by atoms with van der Waals surface area (Å²) in [5, 5.41) is 9.91. The van der Waals surface area contributed by atoms with Crippen molar-refractivity contribution in [2.75, 3.05) is 6.54 Å². The predicted molar refractivity (Wildman–Crippen MR) is 93.5 cm³/mol. The van der Waals surface area contributed by atoms with Crippen LogP contribution in [-0.4, -0.2) is 22.6 Å². The number of phenolic OH excluding ortho intramolecular Hbond substituents is 1. The average Bonchev–Trinajstić information content (AvgIpc) is 2.56. The first kappa shape index (κ1) is 15.6. The summed E-state index contributed by atoms with van der Waals surface area (Å²) < 4.78 is 14.1. The van der Waals surface area contributed by atoms with Crippen molar-refractivity contribution in [1.29, 1.82) is 0 Å². The summed E-state index contributed by atoms with van der Waals surface area (Å²) in [5.74, 6) is 0.723. The zero-order chi connectivity index (χ0) is 16.9. The van der Waals surface area contributed by atoms with E-state index < -0.39 is 0 Å². The van der Waals surface area contributed by atoms with Gasteiger partial charge in [0.15, 0.2) is 0 Å². The molecular formula is C21H24FNO. The molecule has 0 radical (unpaired) electrons. The molecule has 2 aromatic rings. The highest BCUT2D eigenvalue weighted by Gasteiger charge is 2.48. The second-order valence-electron chi connectivity index (χ2n) is 7.63. The van der Waals surface area contributed by atoms with Gasteiger partial charge in [0.2, 0.25) is 0 Å². The third-order valence-corrected chi connectivity index (χ3v) is 6.44. The van der Waals surface area contributed by atoms with Crippen LogP contribution in [0.2, 0.25) is 0 Å². The number of aromatic hydroxyl groups is 1. The van der Waals surface area contributed by atoms with E-state index >= 15 is 0 Å². The molecule has 24 heavy (non-hydrogen) atoms. The van der Waals surface area contributed by atoms with Crippen molar-refractivity contribution in [1.82, 2.24) is 4.90 Å². The molecule has 0 aromatic heterocycles. The van der Waals surface area contributed by atoms with Crippen LogP contribution in [0.4, 0.5) is 4.39 Å². The quantitative estimate of drug-likeness (QED) is 0.892. The van der Waals surface area contributed by atoms with E-state index in [1.54, 1.807) is 18.2 Å². The Morgan fingerprint density at radius 3 is 2.83 bits per heavy atom. The predicted octanol–water partition coefficient (Wildman–Crippen LogP) is 4.26. The van der Waals surface area contributed by atoms with Crippen LogP contribution in [0.25, 0.3) is 0 Å². The molecule has 0 saturated carbocycles. The Balaban J connectivity index is 1.68. The van der Waals surface area contributed by atoms with Crippen LogP contribution in [0.3, 0.4) is 0 Å². The smallest absolute Gasteiger partial charge is 0.127 e. The lowest BCUT2D eigenvalue weighted by Gasteiger charge is -2.54. The first-order valence-corrected chi connectivity index (χ1v) is 8.79. The second kappa shape index (κ2) is 5.59. The van der Waals surface area contributed by atoms with Crippen molar-refractivity contribution < 1.29 is 9.50 Å². The van der Waals surface area contributed by atoms with Crippen LogP contribution in [0, 0.1) is 11.7 Å². The third kappa shape index (κ3) is 2.34. The first-order chi connectivity index (χ1) is 11.5. The van der Waals surface area contributed by atoms with Crippen molar-refractivity contribution in [2.45, 2.75) is 44.7 Å². The molecule has 0 unspecified atom stereocenters. The van der Waals surface area contributed by atoms with Crippen LogP contribution in [0.15, 0.2) is 42.5 Å². The fourth-order valence-electron chi connectivity index (χ4n) is 4.74. The molecule has 4 rings (SSSR count). The molecule has 3 heteroatoms. The number of fused-ring (bicyclic) bond motifs is 4. The summed E-state index contributed by atoms with van der Waals surface area (Å²) in [6.45, 7) is 6.27. The monoisotopic (exact) mass is 325 g/mol. The van der Waals surface area contributed by atoms with Crippen molar-refractivity contribution >= 4 is 0 Å². The molecule has 3 atom stereocenters. The zero-order valence-corrected chi connectivity index (χ0v) is 14.3. The van der Waals surface area contributed by atoms with Crippen LogP contribution in [0.1, 0.15) is 37.0 Å². The van der Waals surface area contributed by atoms with Crippen molar-refractivity contribution in [3.63, 3.8) is 0 Å². The van der Waals surface area contributed by atoms with Gasteiger partial charge in [0.05, 0.1) is 0 Å². The summed E-state index contributed by atoms with van der Waals surface area (Å²) >= 11 is 0. The van der Waals surface area contributed by atoms with Gasteiger partial charge in [0, 0.05) is 18.2 Å². The Labute approximate surface area is 142 Å². The van der Waals surface area contributed by atoms with Gasteiger partial charge in [-0.3, -0.25) is 4.90 Å². The number of piperidine rings is 1. The molecule has 1 heterocycles. The van der Waals surface area contributed by atoms with E-state index in [9.17, 15) is 9.50 Å². The maximum atomic E-state index is 14.1. The number of rotatable bonds is 2. The molecule has 1 saturated heterocycles. The molecule has 1 aliphatic carbocycles. The lowest BCUT2D eigenvalue weighted by Crippen LogP contribution is -2.57. The lowest BCUT2D eigenvalue weighted by atomic mass is 9.59. The van der Waals surface area contributed by atoms with Crippen molar-refractivity contribution in [3.8, 4) is 5.75 Å². The van der Waals surface area contributed by atoms with Gasteiger partial charge in [-0.1, -0.05) is 38.1 Å². The minimum atomic E-state index is -0.111. The minimum Gasteiger partial charge on any atom is -0.508 e. The molecule has 0 amide bonds. The molecule has 126 valence electrons. The number of nitrogens with zero attached hydrogens (tertiary/aromatic N) is 1. The topological polar surface area (TPSA) is 23.5 Å². The Kier molecular flexibility index (Phi) is 3.65. The normalized spacial score (nSPS) is 29.3. The Hall–Kier alpha value is -1.87. The van der Waals surface area contributed by atoms with Crippen LogP contribution in [-0.2, 0) is 18.4 Å². The number of likely N-dealkylation sites (tertiary alicyclic amines) is 1. The highest BCUT2D eigenvalue weighted by Crippen LogP contribution is 2.49. The zero-order valence-electron chi connectivity index (χ0n) is 14.3. The number of hydrogen-bond donors (Lipinski definition) is 1. The van der Waals surface area contributed by atoms with Crippen LogP contribution < -0.4 is 0 Å². The number of halogens is 1. The van der Waals surface area contributed by atoms with E-state index in [1.165, 1.54) is 11.1 Å². The van der Waals surface area contributed by atoms with Gasteiger partial charge in [-0.05, 0) is 60.0 Å². The van der Waals surface area contributed by atoms with E-state index in [-0.39, 0.29) is 11.2 Å². The van der Waals surface area contributed by atoms with Crippen LogP contribution >= 0.6 is 0 Å². The highest BCUT2D eigenvalue weighted by atomic mass is 19.1. The van der Waals surface area contributed by atoms with Gasteiger partial charge in [-0.15, -0.1) is 0 Å². The SMILES string of the molecule is C[C@@H]1[C@@H]2Cc3ccc(O)cc3[C@]1(C)CCN2Cc1ccccc1F. The second-order valence-corrected chi connectivity index (χ2v) is 7.63. The Morgan fingerprint density at radius 1 is 1.25 bits per heavy atom. The van der Waals surface area contributed by atoms with Crippen molar-refractivity contribution in [3.05, 3.63) is 65.0 Å². The fourth-order valence-corrected chi connectivity index (χ4v) is 4.74. The number of benzene rings is 2. The third-order valence-electron chi connectivity index (χ3n) is 6.44. The molecular weight excluding hydrogens is 301 g/mol. The van der Waals surface area contributed by atoms with Crippen LogP contribution in [0.5, 0.6) is 5.75 Å². The molecule has 0 spiro atoms. The van der Waals surface area contributed by atoms with Gasteiger partial charge in [0.1, 0.15) is 11.6 Å². The molecule has 2 aliphatic rings. The van der Waals surface area contributed by atoms with E-state index in [0.29, 0.717) is 24.3 Å². The maximum absolute atomic E-state index is 14.1. The van der Waals surface area contributed by atoms with E-state index in [0.717, 1.165) is 24.9 Å². The van der Waals surface area contributed by atoms with Gasteiger partial charge in [0.25, 0.3) is 0 Å². The molecule has 1 fully saturated rings. The summed E-state index contributed by atoms with van der Waals surface area (Å²) in [5.41, 5.74) is 3.50. The lowest BCUT2D eigenvalue weighted by molar-refractivity contribution is 0.0251. The maximum Gasteiger partial charge on any atom is 0.127 e. The fraction of sp³-hybridized carbons (Fsp3) is 0.429. The van der Waals surface area contributed by atoms with E-state index in [2.05, 4.69) is 24.8 Å². The number of phenols is 1. The van der Waals surface area contributed by atoms with Gasteiger partial charge >= 0.3 is 0 Å². The molecule has 2 nitrogen and oxygen atoms in total. The summed E-state index contributed by atoms with van der Waals surface area (Å²) in [6.07, 6.45) is 2.01. The van der Waals surface area contributed by atoms with Gasteiger partial charge in [-0.2, -0.15) is 0 Å². The summed E-state index contributed by atoms with van der Waals surface area (Å²) in [4.78, 5) is 2.45. The largest absolute Gasteiger partial charge is 0.508 e. The minimum absolute atomic E-state index is 0.0860. The highest BCUT2D eigenvalue weighted by molar-refractivity contribution is 5.44. The first-order valence-electron chi connectivity index (χ1n) is 8.79. The molecule has 1 aliphatic heterocycles. The number of hydrogen-bond acceptors (Lipinski definition) is 2. The molecule has 2 aromatic carbocycles. The molecule has 2 bridgehead atoms. The summed E-state index contributed by atoms with van der Waals surface area (Å²) in [6, 6.07) is 13.3. The van der Waals surface area contributed by atoms with E-state index in [1.807, 2.05) is 18.2 Å². The standard InChI is InChI=1S/C21H24FNO/c1-14-20-11-15-7-8-17(24)12-18(15)21(14,2)9-10-23(20)13-16-5-3-4-6-19(16)22/h3-8,12,14,20,24H,9-11,13H2,1-2H3/t14-,20+,21-/m1/s1. The Morgan fingerprint density at radius 2 is 2.04 bits per heavy atom. The van der Waals surface area contributed by atoms with E-state index in [4.69, 9.17) is 0 Å². The Bertz CT molecular complexity index is 774. The summed E-state index contributed by atoms with van der Waals surface area (Å²) in [7, 11) is 0. The van der Waals surface area contributed by atoms with Gasteiger partial charge in [-0.25, -0.2) is 4.39 Å².